The van der Waals surface area contributed by atoms with Gasteiger partial charge in [0.2, 0.25) is 0 Å². The Morgan fingerprint density at radius 1 is 0.905 bits per heavy atom. The lowest BCUT2D eigenvalue weighted by Crippen LogP contribution is -2.34. The molecule has 0 bridgehead atoms. The van der Waals surface area contributed by atoms with Crippen LogP contribution in [0.1, 0.15) is 5.56 Å². The molecule has 0 aliphatic carbocycles. The van der Waals surface area contributed by atoms with Crippen LogP contribution in [-0.2, 0) is 11.3 Å². The van der Waals surface area contributed by atoms with E-state index < -0.39 is 0 Å². The number of para-hydroxylation sites is 1. The highest BCUT2D eigenvalue weighted by Crippen LogP contribution is 2.07. The zero-order valence-electron chi connectivity index (χ0n) is 11.9. The lowest BCUT2D eigenvalue weighted by atomic mass is 10.2. The molecule has 4 nitrogen and oxygen atoms in total. The summed E-state index contributed by atoms with van der Waals surface area (Å²) in [7, 11) is 0. The van der Waals surface area contributed by atoms with Gasteiger partial charge in [0.1, 0.15) is 5.75 Å². The average Bonchev–Trinajstić information content (AvgIpc) is 2.54. The van der Waals surface area contributed by atoms with Crippen LogP contribution in [0.3, 0.4) is 0 Å². The van der Waals surface area contributed by atoms with Crippen molar-refractivity contribution in [2.45, 2.75) is 6.54 Å². The largest absolute Gasteiger partial charge is 0.484 e. The highest BCUT2D eigenvalue weighted by Gasteiger charge is 2.01. The number of nitrogens with one attached hydrogen (secondary N) is 2. The molecule has 0 heterocycles. The average molecular weight is 284 g/mol. The van der Waals surface area contributed by atoms with Crippen molar-refractivity contribution in [1.29, 1.82) is 0 Å². The van der Waals surface area contributed by atoms with E-state index >= 15 is 0 Å². The molecule has 2 aromatic rings. The fraction of sp³-hybridized carbons (Fsp3) is 0.235. The molecule has 0 saturated heterocycles. The molecule has 0 atom stereocenters. The summed E-state index contributed by atoms with van der Waals surface area (Å²) in [5.74, 6) is 0.593. The molecule has 0 fully saturated rings. The van der Waals surface area contributed by atoms with E-state index in [2.05, 4.69) is 22.8 Å². The lowest BCUT2D eigenvalue weighted by Gasteiger charge is -2.08. The number of benzene rings is 2. The number of carbonyl (C=O) groups excluding carboxylic acids is 1. The monoisotopic (exact) mass is 284 g/mol. The standard InChI is InChI=1S/C17H20N2O2/c20-17(14-21-16-9-5-2-6-10-16)19-12-11-18-13-15-7-3-1-4-8-15/h1-10,18H,11-14H2,(H,19,20). The predicted octanol–water partition coefficient (Wildman–Crippen LogP) is 1.97. The fourth-order valence-corrected chi connectivity index (χ4v) is 1.84. The van der Waals surface area contributed by atoms with Crippen LogP contribution in [0.5, 0.6) is 5.75 Å². The van der Waals surface area contributed by atoms with Crippen molar-refractivity contribution in [2.24, 2.45) is 0 Å². The topological polar surface area (TPSA) is 50.4 Å². The Labute approximate surface area is 125 Å². The summed E-state index contributed by atoms with van der Waals surface area (Å²) < 4.78 is 5.36. The molecule has 21 heavy (non-hydrogen) atoms. The Hall–Kier alpha value is -2.33. The SMILES string of the molecule is O=C(COc1ccccc1)NCCNCc1ccccc1. The minimum absolute atomic E-state index is 0.0443. The molecule has 4 heteroatoms. The van der Waals surface area contributed by atoms with Gasteiger partial charge in [-0.25, -0.2) is 0 Å². The maximum atomic E-state index is 11.6. The van der Waals surface area contributed by atoms with Crippen LogP contribution in [0.2, 0.25) is 0 Å². The van der Waals surface area contributed by atoms with Crippen molar-refractivity contribution in [3.8, 4) is 5.75 Å². The first-order chi connectivity index (χ1) is 10.3. The van der Waals surface area contributed by atoms with Gasteiger partial charge in [0.05, 0.1) is 0 Å². The number of hydrogen-bond acceptors (Lipinski definition) is 3. The van der Waals surface area contributed by atoms with E-state index in [1.54, 1.807) is 0 Å². The summed E-state index contributed by atoms with van der Waals surface area (Å²) in [6, 6.07) is 19.5. The van der Waals surface area contributed by atoms with Gasteiger partial charge >= 0.3 is 0 Å². The molecule has 0 radical (unpaired) electrons. The molecule has 110 valence electrons. The normalized spacial score (nSPS) is 10.1. The minimum Gasteiger partial charge on any atom is -0.484 e. The highest BCUT2D eigenvalue weighted by molar-refractivity contribution is 5.77. The van der Waals surface area contributed by atoms with E-state index in [9.17, 15) is 4.79 Å². The second kappa shape index (κ2) is 8.76. The Kier molecular flexibility index (Phi) is 6.29. The molecule has 0 unspecified atom stereocenters. The van der Waals surface area contributed by atoms with Gasteiger partial charge in [-0.2, -0.15) is 0 Å². The first-order valence-corrected chi connectivity index (χ1v) is 7.04. The van der Waals surface area contributed by atoms with Gasteiger partial charge in [-0.05, 0) is 17.7 Å². The molecule has 0 spiro atoms. The first kappa shape index (κ1) is 15.1. The third-order valence-corrected chi connectivity index (χ3v) is 2.91. The number of ether oxygens (including phenoxy) is 1. The second-order valence-electron chi connectivity index (χ2n) is 4.61. The third-order valence-electron chi connectivity index (χ3n) is 2.91. The molecule has 0 aromatic heterocycles. The van der Waals surface area contributed by atoms with Gasteiger partial charge in [0.15, 0.2) is 6.61 Å². The number of hydrogen-bond donors (Lipinski definition) is 2. The summed E-state index contributed by atoms with van der Waals surface area (Å²) in [6.45, 7) is 2.16. The zero-order chi connectivity index (χ0) is 14.8. The molecule has 2 aromatic carbocycles. The van der Waals surface area contributed by atoms with Crippen LogP contribution in [0.15, 0.2) is 60.7 Å². The maximum Gasteiger partial charge on any atom is 0.257 e. The van der Waals surface area contributed by atoms with Crippen LogP contribution < -0.4 is 15.4 Å². The second-order valence-corrected chi connectivity index (χ2v) is 4.61. The van der Waals surface area contributed by atoms with Crippen molar-refractivity contribution in [2.75, 3.05) is 19.7 Å². The number of rotatable bonds is 8. The molecule has 2 rings (SSSR count). The summed E-state index contributed by atoms with van der Waals surface area (Å²) in [6.07, 6.45) is 0. The molecule has 2 N–H and O–H groups in total. The van der Waals surface area contributed by atoms with Crippen molar-refractivity contribution in [3.05, 3.63) is 66.2 Å². The fourth-order valence-electron chi connectivity index (χ4n) is 1.84. The molecule has 0 aliphatic heterocycles. The summed E-state index contributed by atoms with van der Waals surface area (Å²) in [5.41, 5.74) is 1.23. The number of amides is 1. The van der Waals surface area contributed by atoms with Gasteiger partial charge in [-0.15, -0.1) is 0 Å². The third kappa shape index (κ3) is 6.10. The van der Waals surface area contributed by atoms with Gasteiger partial charge in [-0.3, -0.25) is 4.79 Å². The zero-order valence-corrected chi connectivity index (χ0v) is 11.9. The van der Waals surface area contributed by atoms with Crippen LogP contribution in [-0.4, -0.2) is 25.6 Å². The Balaban J connectivity index is 1.53. The number of carbonyl (C=O) groups is 1. The van der Waals surface area contributed by atoms with Gasteiger partial charge in [0, 0.05) is 19.6 Å². The molecule has 0 saturated carbocycles. The van der Waals surface area contributed by atoms with E-state index in [0.29, 0.717) is 12.3 Å². The predicted molar refractivity (Wildman–Crippen MR) is 83.1 cm³/mol. The van der Waals surface area contributed by atoms with Crippen LogP contribution in [0, 0.1) is 0 Å². The molecular weight excluding hydrogens is 264 g/mol. The van der Waals surface area contributed by atoms with E-state index in [1.165, 1.54) is 5.56 Å². The van der Waals surface area contributed by atoms with Crippen LogP contribution in [0.25, 0.3) is 0 Å². The van der Waals surface area contributed by atoms with E-state index in [1.807, 2.05) is 48.5 Å². The van der Waals surface area contributed by atoms with Gasteiger partial charge in [-0.1, -0.05) is 48.5 Å². The minimum atomic E-state index is -0.111. The van der Waals surface area contributed by atoms with Gasteiger partial charge in [0.25, 0.3) is 5.91 Å². The van der Waals surface area contributed by atoms with E-state index in [4.69, 9.17) is 4.74 Å². The Morgan fingerprint density at radius 3 is 2.29 bits per heavy atom. The highest BCUT2D eigenvalue weighted by atomic mass is 16.5. The first-order valence-electron chi connectivity index (χ1n) is 7.04. The quantitative estimate of drug-likeness (QED) is 0.729. The van der Waals surface area contributed by atoms with Crippen molar-refractivity contribution in [3.63, 3.8) is 0 Å². The maximum absolute atomic E-state index is 11.6. The summed E-state index contributed by atoms with van der Waals surface area (Å²) in [4.78, 5) is 11.6. The Bertz CT molecular complexity index is 529. The Morgan fingerprint density at radius 2 is 1.57 bits per heavy atom. The van der Waals surface area contributed by atoms with E-state index in [0.717, 1.165) is 13.1 Å². The summed E-state index contributed by atoms with van der Waals surface area (Å²) >= 11 is 0. The molecule has 0 aliphatic rings. The van der Waals surface area contributed by atoms with Crippen molar-refractivity contribution >= 4 is 5.91 Å². The molecule has 1 amide bonds. The lowest BCUT2D eigenvalue weighted by molar-refractivity contribution is -0.123. The van der Waals surface area contributed by atoms with Crippen molar-refractivity contribution in [1.82, 2.24) is 10.6 Å². The summed E-state index contributed by atoms with van der Waals surface area (Å²) in [5, 5.41) is 6.09. The van der Waals surface area contributed by atoms with Gasteiger partial charge < -0.3 is 15.4 Å². The van der Waals surface area contributed by atoms with Crippen molar-refractivity contribution < 1.29 is 9.53 Å². The van der Waals surface area contributed by atoms with Crippen LogP contribution >= 0.6 is 0 Å². The van der Waals surface area contributed by atoms with Crippen LogP contribution in [0.4, 0.5) is 0 Å². The smallest absolute Gasteiger partial charge is 0.257 e. The molecular formula is C17H20N2O2. The van der Waals surface area contributed by atoms with E-state index in [-0.39, 0.29) is 12.5 Å².